The number of pyridine rings is 1. The van der Waals surface area contributed by atoms with Crippen LogP contribution in [0.1, 0.15) is 38.7 Å². The van der Waals surface area contributed by atoms with E-state index in [1.54, 1.807) is 12.3 Å². The molecule has 0 unspecified atom stereocenters. The molecule has 0 aromatic carbocycles. The van der Waals surface area contributed by atoms with Crippen LogP contribution in [0.15, 0.2) is 18.3 Å². The van der Waals surface area contributed by atoms with Crippen molar-refractivity contribution in [2.24, 2.45) is 0 Å². The molecular weight excluding hydrogens is 276 g/mol. The molecule has 0 spiro atoms. The molecule has 0 radical (unpaired) electrons. The fourth-order valence-electron chi connectivity index (χ4n) is 2.97. The second-order valence-electron chi connectivity index (χ2n) is 6.03. The Morgan fingerprint density at radius 1 is 1.27 bits per heavy atom. The van der Waals surface area contributed by atoms with Gasteiger partial charge in [-0.3, -0.25) is 4.90 Å². The summed E-state index contributed by atoms with van der Waals surface area (Å²) >= 11 is 0. The quantitative estimate of drug-likeness (QED) is 0.901. The van der Waals surface area contributed by atoms with Crippen molar-refractivity contribution in [3.05, 3.63) is 23.9 Å². The maximum Gasteiger partial charge on any atom is 0.146 e. The number of anilines is 1. The van der Waals surface area contributed by atoms with E-state index in [1.807, 2.05) is 19.9 Å². The minimum atomic E-state index is -0.585. The number of rotatable bonds is 5. The van der Waals surface area contributed by atoms with Crippen molar-refractivity contribution in [1.29, 1.82) is 5.26 Å². The topological polar surface area (TPSA) is 63.4 Å². The molecule has 0 amide bonds. The number of aliphatic hydroxyl groups is 1. The van der Waals surface area contributed by atoms with Gasteiger partial charge >= 0.3 is 0 Å². The largest absolute Gasteiger partial charge is 0.389 e. The van der Waals surface area contributed by atoms with Crippen molar-refractivity contribution >= 4 is 5.82 Å². The SMILES string of the molecule is CCC(O)(CC)CN1CCCN(c2ncccc2C#N)CC1. The van der Waals surface area contributed by atoms with Gasteiger partial charge in [0.2, 0.25) is 0 Å². The number of aromatic nitrogens is 1. The third kappa shape index (κ3) is 3.96. The lowest BCUT2D eigenvalue weighted by Crippen LogP contribution is -2.43. The van der Waals surface area contributed by atoms with Gasteiger partial charge in [-0.05, 0) is 31.4 Å². The summed E-state index contributed by atoms with van der Waals surface area (Å²) in [4.78, 5) is 8.91. The highest BCUT2D eigenvalue weighted by molar-refractivity contribution is 5.53. The van der Waals surface area contributed by atoms with Crippen molar-refractivity contribution in [3.63, 3.8) is 0 Å². The summed E-state index contributed by atoms with van der Waals surface area (Å²) in [5.74, 6) is 0.785. The van der Waals surface area contributed by atoms with E-state index in [4.69, 9.17) is 0 Å². The van der Waals surface area contributed by atoms with Gasteiger partial charge in [-0.2, -0.15) is 5.26 Å². The number of β-amino-alcohol motifs (C(OH)–C–C–N with tert-alkyl or cyclic N) is 1. The van der Waals surface area contributed by atoms with Crippen LogP contribution in [0.2, 0.25) is 0 Å². The van der Waals surface area contributed by atoms with E-state index < -0.39 is 5.60 Å². The molecule has 0 saturated carbocycles. The monoisotopic (exact) mass is 302 g/mol. The predicted octanol–water partition coefficient (Wildman–Crippen LogP) is 2.02. The van der Waals surface area contributed by atoms with Crippen LogP contribution in [0.3, 0.4) is 0 Å². The molecule has 1 aliphatic rings. The Labute approximate surface area is 133 Å². The van der Waals surface area contributed by atoms with Crippen LogP contribution in [-0.2, 0) is 0 Å². The molecule has 1 N–H and O–H groups in total. The number of nitrogens with zero attached hydrogens (tertiary/aromatic N) is 4. The lowest BCUT2D eigenvalue weighted by atomic mass is 9.97. The van der Waals surface area contributed by atoms with Crippen LogP contribution in [-0.4, -0.2) is 53.3 Å². The Morgan fingerprint density at radius 3 is 2.73 bits per heavy atom. The molecule has 0 aliphatic carbocycles. The lowest BCUT2D eigenvalue weighted by molar-refractivity contribution is -0.00168. The van der Waals surface area contributed by atoms with Gasteiger partial charge in [0.05, 0.1) is 11.2 Å². The number of hydrogen-bond donors (Lipinski definition) is 1. The van der Waals surface area contributed by atoms with E-state index >= 15 is 0 Å². The smallest absolute Gasteiger partial charge is 0.146 e. The van der Waals surface area contributed by atoms with Crippen LogP contribution < -0.4 is 4.90 Å². The summed E-state index contributed by atoms with van der Waals surface area (Å²) in [5.41, 5.74) is 0.0485. The van der Waals surface area contributed by atoms with Gasteiger partial charge in [-0.25, -0.2) is 4.98 Å². The minimum absolute atomic E-state index is 0.585. The summed E-state index contributed by atoms with van der Waals surface area (Å²) < 4.78 is 0. The van der Waals surface area contributed by atoms with Gasteiger partial charge in [-0.15, -0.1) is 0 Å². The molecule has 1 fully saturated rings. The standard InChI is InChI=1S/C17H26N4O/c1-3-17(22,4-2)14-20-9-6-10-21(12-11-20)16-15(13-18)7-5-8-19-16/h5,7-8,22H,3-4,6,9-12,14H2,1-2H3. The van der Waals surface area contributed by atoms with Gasteiger partial charge < -0.3 is 10.0 Å². The highest BCUT2D eigenvalue weighted by Gasteiger charge is 2.27. The first-order chi connectivity index (χ1) is 10.6. The number of hydrogen-bond acceptors (Lipinski definition) is 5. The molecule has 1 aromatic heterocycles. The van der Waals surface area contributed by atoms with Gasteiger partial charge in [0.1, 0.15) is 11.9 Å². The van der Waals surface area contributed by atoms with Crippen molar-refractivity contribution in [2.75, 3.05) is 37.6 Å². The first kappa shape index (κ1) is 16.7. The van der Waals surface area contributed by atoms with Crippen LogP contribution in [0, 0.1) is 11.3 Å². The molecular formula is C17H26N4O. The highest BCUT2D eigenvalue weighted by Crippen LogP contribution is 2.21. The molecule has 1 aliphatic heterocycles. The molecule has 2 heterocycles. The Kier molecular flexibility index (Phi) is 5.76. The molecule has 22 heavy (non-hydrogen) atoms. The zero-order valence-electron chi connectivity index (χ0n) is 13.6. The third-order valence-corrected chi connectivity index (χ3v) is 4.63. The molecule has 1 aromatic rings. The second kappa shape index (κ2) is 7.57. The zero-order valence-corrected chi connectivity index (χ0v) is 13.6. The third-order valence-electron chi connectivity index (χ3n) is 4.63. The first-order valence-electron chi connectivity index (χ1n) is 8.16. The van der Waals surface area contributed by atoms with E-state index in [9.17, 15) is 10.4 Å². The summed E-state index contributed by atoms with van der Waals surface area (Å²) in [6.45, 7) is 8.42. The van der Waals surface area contributed by atoms with Gasteiger partial charge in [0.25, 0.3) is 0 Å². The molecule has 5 nitrogen and oxygen atoms in total. The molecule has 2 rings (SSSR count). The van der Waals surface area contributed by atoms with E-state index in [-0.39, 0.29) is 0 Å². The average Bonchev–Trinajstić information content (AvgIpc) is 2.80. The first-order valence-corrected chi connectivity index (χ1v) is 8.16. The van der Waals surface area contributed by atoms with E-state index in [1.165, 1.54) is 0 Å². The highest BCUT2D eigenvalue weighted by atomic mass is 16.3. The maximum absolute atomic E-state index is 10.5. The van der Waals surface area contributed by atoms with Crippen molar-refractivity contribution in [3.8, 4) is 6.07 Å². The van der Waals surface area contributed by atoms with E-state index in [0.717, 1.165) is 57.8 Å². The average molecular weight is 302 g/mol. The van der Waals surface area contributed by atoms with Gasteiger partial charge in [0.15, 0.2) is 0 Å². The Balaban J connectivity index is 2.03. The van der Waals surface area contributed by atoms with Crippen LogP contribution in [0.25, 0.3) is 0 Å². The van der Waals surface area contributed by atoms with Crippen LogP contribution >= 0.6 is 0 Å². The molecule has 1 saturated heterocycles. The van der Waals surface area contributed by atoms with Gasteiger partial charge in [0, 0.05) is 38.9 Å². The summed E-state index contributed by atoms with van der Waals surface area (Å²) in [6, 6.07) is 5.84. The Bertz CT molecular complexity index is 522. The summed E-state index contributed by atoms with van der Waals surface area (Å²) in [5, 5.41) is 19.8. The maximum atomic E-state index is 10.5. The van der Waals surface area contributed by atoms with E-state index in [0.29, 0.717) is 5.56 Å². The van der Waals surface area contributed by atoms with E-state index in [2.05, 4.69) is 20.9 Å². The Morgan fingerprint density at radius 2 is 2.05 bits per heavy atom. The predicted molar refractivity (Wildman–Crippen MR) is 87.8 cm³/mol. The normalized spacial score (nSPS) is 17.1. The fourth-order valence-corrected chi connectivity index (χ4v) is 2.97. The van der Waals surface area contributed by atoms with Crippen molar-refractivity contribution in [2.45, 2.75) is 38.7 Å². The van der Waals surface area contributed by atoms with Crippen molar-refractivity contribution < 1.29 is 5.11 Å². The molecule has 0 bridgehead atoms. The Hall–Kier alpha value is -1.64. The summed E-state index contributed by atoms with van der Waals surface area (Å²) in [6.07, 6.45) is 4.32. The minimum Gasteiger partial charge on any atom is -0.389 e. The molecule has 120 valence electrons. The fraction of sp³-hybridized carbons (Fsp3) is 0.647. The zero-order chi connectivity index (χ0) is 16.0. The molecule has 5 heteroatoms. The number of nitriles is 1. The van der Waals surface area contributed by atoms with Crippen molar-refractivity contribution in [1.82, 2.24) is 9.88 Å². The van der Waals surface area contributed by atoms with Gasteiger partial charge in [-0.1, -0.05) is 13.8 Å². The van der Waals surface area contributed by atoms with Crippen LogP contribution in [0.5, 0.6) is 0 Å². The van der Waals surface area contributed by atoms with Crippen LogP contribution in [0.4, 0.5) is 5.82 Å². The second-order valence-corrected chi connectivity index (χ2v) is 6.03. The lowest BCUT2D eigenvalue weighted by Gasteiger charge is -2.32. The molecule has 0 atom stereocenters. The summed E-state index contributed by atoms with van der Waals surface area (Å²) in [7, 11) is 0.